The highest BCUT2D eigenvalue weighted by Crippen LogP contribution is 2.29. The fourth-order valence-electron chi connectivity index (χ4n) is 5.57. The lowest BCUT2D eigenvalue weighted by molar-refractivity contribution is -0.142. The lowest BCUT2D eigenvalue weighted by atomic mass is 9.84. The zero-order valence-electron chi connectivity index (χ0n) is 25.9. The molecule has 1 aliphatic carbocycles. The van der Waals surface area contributed by atoms with Crippen molar-refractivity contribution in [2.24, 2.45) is 5.92 Å². The first-order valence-electron chi connectivity index (χ1n) is 15.7. The molecule has 45 heavy (non-hydrogen) atoms. The van der Waals surface area contributed by atoms with E-state index in [-0.39, 0.29) is 37.8 Å². The Kier molecular flexibility index (Phi) is 14.0. The van der Waals surface area contributed by atoms with Gasteiger partial charge in [0, 0.05) is 40.5 Å². The van der Waals surface area contributed by atoms with Crippen molar-refractivity contribution in [3.63, 3.8) is 0 Å². The summed E-state index contributed by atoms with van der Waals surface area (Å²) in [5.74, 6) is 1.28. The summed E-state index contributed by atoms with van der Waals surface area (Å²) in [6.07, 6.45) is 6.44. The SMILES string of the molecule is CCC1CCC(NCc2cc(C(=O)OCCSCCOC(=O)Cc3ccccc3CC(=O)c3ccccc3)cc(Br)c2N)CC1. The number of rotatable bonds is 16. The lowest BCUT2D eigenvalue weighted by Crippen LogP contribution is -2.33. The molecule has 3 aromatic carbocycles. The zero-order chi connectivity index (χ0) is 32.0. The van der Waals surface area contributed by atoms with Crippen LogP contribution in [-0.2, 0) is 33.7 Å². The van der Waals surface area contributed by atoms with Crippen molar-refractivity contribution in [2.75, 3.05) is 30.5 Å². The van der Waals surface area contributed by atoms with E-state index in [1.807, 2.05) is 48.5 Å². The molecule has 0 aliphatic heterocycles. The van der Waals surface area contributed by atoms with Crippen LogP contribution < -0.4 is 11.1 Å². The molecule has 0 radical (unpaired) electrons. The van der Waals surface area contributed by atoms with Crippen molar-refractivity contribution in [1.82, 2.24) is 5.32 Å². The topological polar surface area (TPSA) is 108 Å². The predicted octanol–water partition coefficient (Wildman–Crippen LogP) is 7.19. The molecule has 9 heteroatoms. The Morgan fingerprint density at radius 1 is 0.844 bits per heavy atom. The first kappa shape index (κ1) is 34.7. The van der Waals surface area contributed by atoms with Crippen LogP contribution in [0, 0.1) is 5.92 Å². The Labute approximate surface area is 279 Å². The number of carbonyl (C=O) groups is 3. The van der Waals surface area contributed by atoms with Crippen molar-refractivity contribution < 1.29 is 23.9 Å². The molecule has 0 atom stereocenters. The summed E-state index contributed by atoms with van der Waals surface area (Å²) in [5, 5.41) is 3.62. The van der Waals surface area contributed by atoms with E-state index < -0.39 is 5.97 Å². The summed E-state index contributed by atoms with van der Waals surface area (Å²) >= 11 is 5.04. The molecular weight excluding hydrogens is 652 g/mol. The minimum Gasteiger partial charge on any atom is -0.465 e. The highest BCUT2D eigenvalue weighted by molar-refractivity contribution is 9.10. The highest BCUT2D eigenvalue weighted by Gasteiger charge is 2.20. The van der Waals surface area contributed by atoms with Gasteiger partial charge in [-0.3, -0.25) is 9.59 Å². The number of thioether (sulfide) groups is 1. The molecule has 240 valence electrons. The number of nitrogen functional groups attached to an aromatic ring is 1. The van der Waals surface area contributed by atoms with Crippen LogP contribution in [0.5, 0.6) is 0 Å². The number of carbonyl (C=O) groups excluding carboxylic acids is 3. The average Bonchev–Trinajstić information content (AvgIpc) is 3.06. The standard InChI is InChI=1S/C36H43BrN2O5S/c1-2-25-12-14-31(15-13-25)39-24-30-20-29(21-32(37)35(30)38)36(42)44-17-19-45-18-16-43-34(41)23-28-11-7-6-10-27(28)22-33(40)26-8-4-3-5-9-26/h3-11,20-21,25,31,39H,2,12-19,22-24,38H2,1H3. The average molecular weight is 696 g/mol. The Balaban J connectivity index is 1.13. The predicted molar refractivity (Wildman–Crippen MR) is 185 cm³/mol. The molecule has 0 unspecified atom stereocenters. The maximum Gasteiger partial charge on any atom is 0.338 e. The summed E-state index contributed by atoms with van der Waals surface area (Å²) in [5.41, 5.74) is 10.5. The first-order chi connectivity index (χ1) is 21.8. The van der Waals surface area contributed by atoms with Crippen molar-refractivity contribution in [3.05, 3.63) is 99.0 Å². The van der Waals surface area contributed by atoms with Gasteiger partial charge in [0.05, 0.1) is 17.7 Å². The van der Waals surface area contributed by atoms with Crippen molar-refractivity contribution in [2.45, 2.75) is 64.5 Å². The molecule has 1 aliphatic rings. The fourth-order valence-corrected chi connectivity index (χ4v) is 6.68. The van der Waals surface area contributed by atoms with Crippen molar-refractivity contribution in [3.8, 4) is 0 Å². The highest BCUT2D eigenvalue weighted by atomic mass is 79.9. The largest absolute Gasteiger partial charge is 0.465 e. The molecule has 0 aromatic heterocycles. The second-order valence-electron chi connectivity index (χ2n) is 11.4. The minimum absolute atomic E-state index is 0.00901. The summed E-state index contributed by atoms with van der Waals surface area (Å²) in [6, 6.07) is 20.6. The van der Waals surface area contributed by atoms with Gasteiger partial charge in [-0.05, 0) is 76.4 Å². The number of halogens is 1. The second-order valence-corrected chi connectivity index (χ2v) is 13.5. The molecule has 1 saturated carbocycles. The smallest absolute Gasteiger partial charge is 0.338 e. The molecule has 3 aromatic rings. The lowest BCUT2D eigenvalue weighted by Gasteiger charge is -2.28. The van der Waals surface area contributed by atoms with E-state index in [4.69, 9.17) is 15.2 Å². The quantitative estimate of drug-likeness (QED) is 0.0702. The van der Waals surface area contributed by atoms with Gasteiger partial charge >= 0.3 is 11.9 Å². The van der Waals surface area contributed by atoms with Gasteiger partial charge in [-0.2, -0.15) is 11.8 Å². The maximum atomic E-state index is 12.8. The van der Waals surface area contributed by atoms with Crippen LogP contribution in [0.3, 0.4) is 0 Å². The number of ether oxygens (including phenoxy) is 2. The van der Waals surface area contributed by atoms with Crippen molar-refractivity contribution in [1.29, 1.82) is 0 Å². The molecule has 0 bridgehead atoms. The monoisotopic (exact) mass is 694 g/mol. The van der Waals surface area contributed by atoms with Gasteiger partial charge in [0.1, 0.15) is 13.2 Å². The Hall–Kier alpha value is -3.14. The Bertz CT molecular complexity index is 1430. The van der Waals surface area contributed by atoms with E-state index in [9.17, 15) is 14.4 Å². The summed E-state index contributed by atoms with van der Waals surface area (Å²) in [7, 11) is 0. The number of benzene rings is 3. The number of ketones is 1. The minimum atomic E-state index is -0.392. The van der Waals surface area contributed by atoms with Gasteiger partial charge in [-0.25, -0.2) is 4.79 Å². The number of hydrogen-bond acceptors (Lipinski definition) is 8. The van der Waals surface area contributed by atoms with E-state index in [0.29, 0.717) is 45.4 Å². The van der Waals surface area contributed by atoms with Crippen LogP contribution in [0.4, 0.5) is 5.69 Å². The number of anilines is 1. The van der Waals surface area contributed by atoms with E-state index in [0.717, 1.165) is 22.6 Å². The molecule has 0 spiro atoms. The molecular formula is C36H43BrN2O5S. The molecule has 7 nitrogen and oxygen atoms in total. The number of hydrogen-bond donors (Lipinski definition) is 2. The number of Topliss-reactive ketones (excluding diaryl/α,β-unsaturated/α-hetero) is 1. The fraction of sp³-hybridized carbons (Fsp3) is 0.417. The van der Waals surface area contributed by atoms with Crippen LogP contribution in [0.1, 0.15) is 76.4 Å². The van der Waals surface area contributed by atoms with Gasteiger partial charge in [-0.15, -0.1) is 0 Å². The number of nitrogens with two attached hydrogens (primary N) is 1. The Morgan fingerprint density at radius 3 is 2.18 bits per heavy atom. The zero-order valence-corrected chi connectivity index (χ0v) is 28.3. The van der Waals surface area contributed by atoms with Crippen LogP contribution in [-0.4, -0.2) is 48.5 Å². The third-order valence-corrected chi connectivity index (χ3v) is 9.87. The van der Waals surface area contributed by atoms with E-state index in [1.54, 1.807) is 30.0 Å². The van der Waals surface area contributed by atoms with Crippen molar-refractivity contribution >= 4 is 51.1 Å². The first-order valence-corrected chi connectivity index (χ1v) is 17.7. The third-order valence-electron chi connectivity index (χ3n) is 8.31. The Morgan fingerprint density at radius 2 is 1.49 bits per heavy atom. The van der Waals surface area contributed by atoms with Crippen LogP contribution >= 0.6 is 27.7 Å². The van der Waals surface area contributed by atoms with E-state index in [1.165, 1.54) is 32.1 Å². The molecule has 3 N–H and O–H groups in total. The van der Waals surface area contributed by atoms with Crippen LogP contribution in [0.2, 0.25) is 0 Å². The van der Waals surface area contributed by atoms with E-state index in [2.05, 4.69) is 28.2 Å². The third kappa shape index (κ3) is 11.0. The summed E-state index contributed by atoms with van der Waals surface area (Å²) in [4.78, 5) is 37.9. The van der Waals surface area contributed by atoms with Gasteiger partial charge in [-0.1, -0.05) is 67.9 Å². The van der Waals surface area contributed by atoms with Gasteiger partial charge in [0.25, 0.3) is 0 Å². The van der Waals surface area contributed by atoms with Gasteiger partial charge in [0.15, 0.2) is 5.78 Å². The van der Waals surface area contributed by atoms with Gasteiger partial charge < -0.3 is 20.5 Å². The molecule has 4 rings (SSSR count). The normalized spacial score (nSPS) is 16.2. The van der Waals surface area contributed by atoms with Gasteiger partial charge in [0.2, 0.25) is 0 Å². The van der Waals surface area contributed by atoms with Crippen LogP contribution in [0.15, 0.2) is 71.2 Å². The molecule has 0 heterocycles. The van der Waals surface area contributed by atoms with E-state index >= 15 is 0 Å². The number of nitrogens with one attached hydrogen (secondary N) is 1. The maximum absolute atomic E-state index is 12.8. The number of esters is 2. The summed E-state index contributed by atoms with van der Waals surface area (Å²) < 4.78 is 11.6. The molecule has 0 saturated heterocycles. The van der Waals surface area contributed by atoms with Crippen LogP contribution in [0.25, 0.3) is 0 Å². The molecule has 1 fully saturated rings. The second kappa shape index (κ2) is 18.1. The summed E-state index contributed by atoms with van der Waals surface area (Å²) in [6.45, 7) is 3.37. The molecule has 0 amide bonds.